The van der Waals surface area contributed by atoms with Crippen molar-refractivity contribution < 1.29 is 4.52 Å². The molecule has 112 valence electrons. The normalized spacial score (nSPS) is 10.9. The molecule has 22 heavy (non-hydrogen) atoms. The topological polar surface area (TPSA) is 48.0 Å². The Kier molecular flexibility index (Phi) is 3.86. The van der Waals surface area contributed by atoms with Gasteiger partial charge in [-0.3, -0.25) is 4.79 Å². The molecule has 0 saturated carbocycles. The number of nitrogens with zero attached hydrogens (tertiary/aromatic N) is 2. The van der Waals surface area contributed by atoms with Gasteiger partial charge in [0.15, 0.2) is 0 Å². The summed E-state index contributed by atoms with van der Waals surface area (Å²) in [4.78, 5) is 12.1. The first-order chi connectivity index (χ1) is 10.6. The molecule has 0 aliphatic rings. The van der Waals surface area contributed by atoms with E-state index in [2.05, 4.69) is 5.16 Å². The molecule has 0 N–H and O–H groups in total. The number of aryl methyl sites for hydroxylation is 2. The van der Waals surface area contributed by atoms with Crippen molar-refractivity contribution in [2.45, 2.75) is 20.4 Å². The van der Waals surface area contributed by atoms with Crippen LogP contribution in [-0.4, -0.2) is 9.72 Å². The Morgan fingerprint density at radius 2 is 1.95 bits per heavy atom. The van der Waals surface area contributed by atoms with Crippen LogP contribution in [0.1, 0.15) is 17.0 Å². The zero-order chi connectivity index (χ0) is 15.7. The molecule has 0 radical (unpaired) electrons. The average molecular weight is 315 g/mol. The molecule has 0 aliphatic heterocycles. The molecule has 3 rings (SSSR count). The van der Waals surface area contributed by atoms with Gasteiger partial charge >= 0.3 is 0 Å². The molecule has 0 saturated heterocycles. The molecule has 0 bridgehead atoms. The van der Waals surface area contributed by atoms with Crippen molar-refractivity contribution in [2.75, 3.05) is 0 Å². The van der Waals surface area contributed by atoms with Crippen molar-refractivity contribution >= 4 is 11.6 Å². The van der Waals surface area contributed by atoms with Gasteiger partial charge in [0.1, 0.15) is 5.76 Å². The summed E-state index contributed by atoms with van der Waals surface area (Å²) < 4.78 is 6.84. The van der Waals surface area contributed by atoms with Gasteiger partial charge in [0.25, 0.3) is 5.56 Å². The summed E-state index contributed by atoms with van der Waals surface area (Å²) in [6.07, 6.45) is 1.82. The molecule has 0 unspecified atom stereocenters. The first-order valence-electron chi connectivity index (χ1n) is 6.93. The van der Waals surface area contributed by atoms with Crippen molar-refractivity contribution in [2.24, 2.45) is 0 Å². The average Bonchev–Trinajstić information content (AvgIpc) is 2.83. The maximum atomic E-state index is 12.1. The highest BCUT2D eigenvalue weighted by atomic mass is 35.5. The summed E-state index contributed by atoms with van der Waals surface area (Å²) in [5.41, 5.74) is 3.47. The molecular weight excluding hydrogens is 300 g/mol. The van der Waals surface area contributed by atoms with E-state index < -0.39 is 0 Å². The summed E-state index contributed by atoms with van der Waals surface area (Å²) in [7, 11) is 0. The molecule has 0 amide bonds. The van der Waals surface area contributed by atoms with Crippen molar-refractivity contribution in [3.63, 3.8) is 0 Å². The summed E-state index contributed by atoms with van der Waals surface area (Å²) >= 11 is 6.18. The summed E-state index contributed by atoms with van der Waals surface area (Å²) in [6.45, 7) is 4.17. The molecule has 0 aliphatic carbocycles. The van der Waals surface area contributed by atoms with Gasteiger partial charge in [0, 0.05) is 28.4 Å². The quantitative estimate of drug-likeness (QED) is 0.738. The van der Waals surface area contributed by atoms with Crippen molar-refractivity contribution in [1.82, 2.24) is 9.72 Å². The van der Waals surface area contributed by atoms with Crippen LogP contribution in [0.5, 0.6) is 0 Å². The Morgan fingerprint density at radius 3 is 2.64 bits per heavy atom. The smallest absolute Gasteiger partial charge is 0.250 e. The lowest BCUT2D eigenvalue weighted by atomic mass is 10.1. The van der Waals surface area contributed by atoms with E-state index in [1.54, 1.807) is 16.7 Å². The Bertz CT molecular complexity index is 861. The minimum absolute atomic E-state index is 0.0737. The molecule has 0 spiro atoms. The predicted molar refractivity (Wildman–Crippen MR) is 86.2 cm³/mol. The molecule has 5 heteroatoms. The van der Waals surface area contributed by atoms with Crippen LogP contribution >= 0.6 is 11.6 Å². The van der Waals surface area contributed by atoms with E-state index >= 15 is 0 Å². The minimum atomic E-state index is -0.0737. The zero-order valence-electron chi connectivity index (χ0n) is 12.3. The minimum Gasteiger partial charge on any atom is -0.361 e. The standard InChI is InChI=1S/C17H15ClN2O2/c1-11-17(12(2)22-19-11)14-7-8-16(21)20(10-14)9-13-5-3-4-6-15(13)18/h3-8,10H,9H2,1-2H3. The SMILES string of the molecule is Cc1noc(C)c1-c1ccc(=O)n(Cc2ccccc2Cl)c1. The van der Waals surface area contributed by atoms with E-state index in [0.29, 0.717) is 11.6 Å². The number of rotatable bonds is 3. The van der Waals surface area contributed by atoms with Gasteiger partial charge in [-0.2, -0.15) is 0 Å². The fourth-order valence-corrected chi connectivity index (χ4v) is 2.70. The Hall–Kier alpha value is -2.33. The molecule has 3 aromatic rings. The van der Waals surface area contributed by atoms with Gasteiger partial charge in [-0.1, -0.05) is 35.0 Å². The monoisotopic (exact) mass is 314 g/mol. The van der Waals surface area contributed by atoms with E-state index in [9.17, 15) is 4.79 Å². The van der Waals surface area contributed by atoms with Gasteiger partial charge < -0.3 is 9.09 Å². The van der Waals surface area contributed by atoms with Crippen LogP contribution in [0.2, 0.25) is 5.02 Å². The Balaban J connectivity index is 2.05. The lowest BCUT2D eigenvalue weighted by molar-refractivity contribution is 0.393. The van der Waals surface area contributed by atoms with E-state index in [4.69, 9.17) is 16.1 Å². The van der Waals surface area contributed by atoms with E-state index in [1.807, 2.05) is 44.3 Å². The fraction of sp³-hybridized carbons (Fsp3) is 0.176. The predicted octanol–water partition coefficient (Wildman–Crippen LogP) is 3.82. The number of hydrogen-bond donors (Lipinski definition) is 0. The number of benzene rings is 1. The van der Waals surface area contributed by atoms with Gasteiger partial charge in [-0.25, -0.2) is 0 Å². The van der Waals surface area contributed by atoms with Gasteiger partial charge in [0.05, 0.1) is 12.2 Å². The lowest BCUT2D eigenvalue weighted by Crippen LogP contribution is -2.19. The largest absolute Gasteiger partial charge is 0.361 e. The third-order valence-corrected chi connectivity index (χ3v) is 3.97. The maximum absolute atomic E-state index is 12.1. The maximum Gasteiger partial charge on any atom is 0.250 e. The molecular formula is C17H15ClN2O2. The highest BCUT2D eigenvalue weighted by Gasteiger charge is 2.12. The second kappa shape index (κ2) is 5.81. The van der Waals surface area contributed by atoms with E-state index in [0.717, 1.165) is 28.1 Å². The van der Waals surface area contributed by atoms with E-state index in [1.165, 1.54) is 0 Å². The van der Waals surface area contributed by atoms with Crippen molar-refractivity contribution in [1.29, 1.82) is 0 Å². The molecule has 0 fully saturated rings. The van der Waals surface area contributed by atoms with Crippen molar-refractivity contribution in [3.8, 4) is 11.1 Å². The second-order valence-corrected chi connectivity index (χ2v) is 5.58. The fourth-order valence-electron chi connectivity index (χ4n) is 2.51. The summed E-state index contributed by atoms with van der Waals surface area (Å²) in [6, 6.07) is 10.9. The Labute approximate surface area is 133 Å². The first-order valence-corrected chi connectivity index (χ1v) is 7.31. The molecule has 1 aromatic carbocycles. The number of pyridine rings is 1. The summed E-state index contributed by atoms with van der Waals surface area (Å²) in [5, 5.41) is 4.61. The van der Waals surface area contributed by atoms with Crippen LogP contribution in [0.3, 0.4) is 0 Å². The molecule has 0 atom stereocenters. The highest BCUT2D eigenvalue weighted by molar-refractivity contribution is 6.31. The third-order valence-electron chi connectivity index (χ3n) is 3.60. The molecule has 2 aromatic heterocycles. The van der Waals surface area contributed by atoms with Gasteiger partial charge in [-0.15, -0.1) is 0 Å². The van der Waals surface area contributed by atoms with E-state index in [-0.39, 0.29) is 5.56 Å². The number of hydrogen-bond acceptors (Lipinski definition) is 3. The third kappa shape index (κ3) is 2.70. The number of halogens is 1. The van der Waals surface area contributed by atoms with Gasteiger partial charge in [0.2, 0.25) is 0 Å². The van der Waals surface area contributed by atoms with Gasteiger partial charge in [-0.05, 0) is 31.5 Å². The molecule has 4 nitrogen and oxygen atoms in total. The van der Waals surface area contributed by atoms with Crippen LogP contribution in [0.15, 0.2) is 51.9 Å². The van der Waals surface area contributed by atoms with Crippen LogP contribution in [-0.2, 0) is 6.54 Å². The van der Waals surface area contributed by atoms with Crippen LogP contribution in [0.4, 0.5) is 0 Å². The van der Waals surface area contributed by atoms with Crippen LogP contribution < -0.4 is 5.56 Å². The van der Waals surface area contributed by atoms with Crippen LogP contribution in [0, 0.1) is 13.8 Å². The van der Waals surface area contributed by atoms with Crippen LogP contribution in [0.25, 0.3) is 11.1 Å². The zero-order valence-corrected chi connectivity index (χ0v) is 13.1. The first kappa shape index (κ1) is 14.6. The second-order valence-electron chi connectivity index (χ2n) is 5.17. The number of aromatic nitrogens is 2. The highest BCUT2D eigenvalue weighted by Crippen LogP contribution is 2.26. The Morgan fingerprint density at radius 1 is 1.18 bits per heavy atom. The summed E-state index contributed by atoms with van der Waals surface area (Å²) in [5.74, 6) is 0.737. The molecule has 2 heterocycles. The lowest BCUT2D eigenvalue weighted by Gasteiger charge is -2.09. The van der Waals surface area contributed by atoms with Crippen molar-refractivity contribution in [3.05, 3.63) is 75.0 Å².